The molecule has 1 aromatic rings. The fourth-order valence-corrected chi connectivity index (χ4v) is 0.653. The highest BCUT2D eigenvalue weighted by atomic mass is 19.1. The fourth-order valence-electron chi connectivity index (χ4n) is 0.653. The predicted octanol–water partition coefficient (Wildman–Crippen LogP) is 1.44. The first kappa shape index (κ1) is 7.59. The molecule has 0 spiro atoms. The van der Waals surface area contributed by atoms with Crippen LogP contribution in [0.1, 0.15) is 5.56 Å². The quantitative estimate of drug-likeness (QED) is 0.456. The highest BCUT2D eigenvalue weighted by Crippen LogP contribution is 2.15. The molecule has 1 aromatic heterocycles. The first-order chi connectivity index (χ1) is 5.13. The van der Waals surface area contributed by atoms with Gasteiger partial charge in [0.1, 0.15) is 6.20 Å². The third kappa shape index (κ3) is 1.31. The molecule has 0 amide bonds. The average molecular weight is 156 g/mol. The Morgan fingerprint density at radius 2 is 2.36 bits per heavy atom. The summed E-state index contributed by atoms with van der Waals surface area (Å²) in [5, 5.41) is 10.1. The summed E-state index contributed by atoms with van der Waals surface area (Å²) in [6.07, 6.45) is 1.20. The molecular weight excluding hydrogens is 151 g/mol. The Kier molecular flexibility index (Phi) is 1.80. The molecule has 4 nitrogen and oxygen atoms in total. The lowest BCUT2D eigenvalue weighted by atomic mass is 10.3. The minimum Gasteiger partial charge on any atom is -0.358 e. The number of hydrogen-bond acceptors (Lipinski definition) is 3. The average Bonchev–Trinajstić information content (AvgIpc) is 1.94. The Balaban J connectivity index is 3.27. The van der Waals surface area contributed by atoms with E-state index in [-0.39, 0.29) is 5.56 Å². The molecule has 0 radical (unpaired) electrons. The second kappa shape index (κ2) is 2.61. The Hall–Kier alpha value is -1.52. The van der Waals surface area contributed by atoms with E-state index < -0.39 is 16.6 Å². The maximum Gasteiger partial charge on any atom is 0.399 e. The number of aromatic nitrogens is 1. The molecule has 5 heteroatoms. The van der Waals surface area contributed by atoms with E-state index in [9.17, 15) is 14.5 Å². The van der Waals surface area contributed by atoms with E-state index in [1.165, 1.54) is 19.2 Å². The molecule has 0 saturated carbocycles. The summed E-state index contributed by atoms with van der Waals surface area (Å²) in [5.41, 5.74) is 0.228. The smallest absolute Gasteiger partial charge is 0.358 e. The molecule has 0 unspecified atom stereocenters. The van der Waals surface area contributed by atoms with E-state index in [4.69, 9.17) is 0 Å². The van der Waals surface area contributed by atoms with Gasteiger partial charge >= 0.3 is 5.82 Å². The summed E-state index contributed by atoms with van der Waals surface area (Å²) < 4.78 is 12.7. The van der Waals surface area contributed by atoms with Gasteiger partial charge in [0.2, 0.25) is 5.82 Å². The SMILES string of the molecule is Cc1ccnc([N+](=O)[O-])c1F. The number of nitro groups is 1. The van der Waals surface area contributed by atoms with Crippen molar-refractivity contribution in [1.29, 1.82) is 0 Å². The molecule has 0 saturated heterocycles. The zero-order chi connectivity index (χ0) is 8.43. The summed E-state index contributed by atoms with van der Waals surface area (Å²) in [5.74, 6) is -1.58. The lowest BCUT2D eigenvalue weighted by Gasteiger charge is -1.94. The molecule has 1 rings (SSSR count). The van der Waals surface area contributed by atoms with Gasteiger partial charge in [-0.1, -0.05) is 0 Å². The molecule has 11 heavy (non-hydrogen) atoms. The minimum absolute atomic E-state index is 0.228. The Bertz CT molecular complexity index is 301. The molecule has 0 aliphatic rings. The van der Waals surface area contributed by atoms with Crippen molar-refractivity contribution < 1.29 is 9.31 Å². The largest absolute Gasteiger partial charge is 0.399 e. The van der Waals surface area contributed by atoms with Crippen LogP contribution in [0.15, 0.2) is 12.3 Å². The monoisotopic (exact) mass is 156 g/mol. The normalized spacial score (nSPS) is 9.64. The Morgan fingerprint density at radius 1 is 1.73 bits per heavy atom. The summed E-state index contributed by atoms with van der Waals surface area (Å²) in [7, 11) is 0. The zero-order valence-electron chi connectivity index (χ0n) is 5.74. The highest BCUT2D eigenvalue weighted by Gasteiger charge is 2.15. The topological polar surface area (TPSA) is 56.0 Å². The van der Waals surface area contributed by atoms with Crippen molar-refractivity contribution in [1.82, 2.24) is 4.98 Å². The van der Waals surface area contributed by atoms with Crippen molar-refractivity contribution in [3.63, 3.8) is 0 Å². The lowest BCUT2D eigenvalue weighted by molar-refractivity contribution is -0.392. The molecule has 0 aromatic carbocycles. The van der Waals surface area contributed by atoms with Crippen molar-refractivity contribution in [3.05, 3.63) is 33.8 Å². The summed E-state index contributed by atoms with van der Waals surface area (Å²) in [4.78, 5) is 12.5. The zero-order valence-corrected chi connectivity index (χ0v) is 5.74. The molecule has 1 heterocycles. The van der Waals surface area contributed by atoms with Crippen LogP contribution in [0.2, 0.25) is 0 Å². The summed E-state index contributed by atoms with van der Waals surface area (Å²) in [6.45, 7) is 1.45. The van der Waals surface area contributed by atoms with Gasteiger partial charge in [0.25, 0.3) is 0 Å². The van der Waals surface area contributed by atoms with Crippen LogP contribution in [0, 0.1) is 22.9 Å². The fraction of sp³-hybridized carbons (Fsp3) is 0.167. The second-order valence-electron chi connectivity index (χ2n) is 2.02. The maximum atomic E-state index is 12.7. The van der Waals surface area contributed by atoms with Crippen LogP contribution in [-0.4, -0.2) is 9.91 Å². The van der Waals surface area contributed by atoms with Crippen LogP contribution in [0.25, 0.3) is 0 Å². The van der Waals surface area contributed by atoms with Crippen molar-refractivity contribution in [3.8, 4) is 0 Å². The van der Waals surface area contributed by atoms with Gasteiger partial charge in [-0.3, -0.25) is 0 Å². The number of pyridine rings is 1. The van der Waals surface area contributed by atoms with Crippen molar-refractivity contribution in [2.24, 2.45) is 0 Å². The lowest BCUT2D eigenvalue weighted by Crippen LogP contribution is -1.97. The molecule has 0 bridgehead atoms. The summed E-state index contributed by atoms with van der Waals surface area (Å²) >= 11 is 0. The molecule has 58 valence electrons. The number of halogens is 1. The molecule has 0 fully saturated rings. The van der Waals surface area contributed by atoms with Crippen LogP contribution >= 0.6 is 0 Å². The molecule has 0 atom stereocenters. The number of aryl methyl sites for hydroxylation is 1. The van der Waals surface area contributed by atoms with E-state index in [1.807, 2.05) is 0 Å². The van der Waals surface area contributed by atoms with Gasteiger partial charge in [0.05, 0.1) is 0 Å². The van der Waals surface area contributed by atoms with E-state index >= 15 is 0 Å². The summed E-state index contributed by atoms with van der Waals surface area (Å²) in [6, 6.07) is 1.38. The van der Waals surface area contributed by atoms with Gasteiger partial charge in [0, 0.05) is 0 Å². The van der Waals surface area contributed by atoms with E-state index in [0.717, 1.165) is 0 Å². The van der Waals surface area contributed by atoms with E-state index in [0.29, 0.717) is 0 Å². The van der Waals surface area contributed by atoms with Crippen LogP contribution in [0.4, 0.5) is 10.2 Å². The van der Waals surface area contributed by atoms with Crippen molar-refractivity contribution in [2.75, 3.05) is 0 Å². The number of nitrogens with zero attached hydrogens (tertiary/aromatic N) is 2. The Morgan fingerprint density at radius 3 is 2.82 bits per heavy atom. The number of hydrogen-bond donors (Lipinski definition) is 0. The van der Waals surface area contributed by atoms with Crippen molar-refractivity contribution >= 4 is 5.82 Å². The third-order valence-electron chi connectivity index (χ3n) is 1.24. The first-order valence-corrected chi connectivity index (χ1v) is 2.88. The van der Waals surface area contributed by atoms with E-state index in [2.05, 4.69) is 4.98 Å². The second-order valence-corrected chi connectivity index (χ2v) is 2.02. The molecule has 0 aliphatic heterocycles. The van der Waals surface area contributed by atoms with Gasteiger partial charge in [-0.2, -0.15) is 4.39 Å². The minimum atomic E-state index is -0.863. The molecule has 0 N–H and O–H groups in total. The maximum absolute atomic E-state index is 12.7. The van der Waals surface area contributed by atoms with Gasteiger partial charge in [-0.05, 0) is 28.5 Å². The number of rotatable bonds is 1. The van der Waals surface area contributed by atoms with Crippen molar-refractivity contribution in [2.45, 2.75) is 6.92 Å². The van der Waals surface area contributed by atoms with Crippen LogP contribution in [0.3, 0.4) is 0 Å². The van der Waals surface area contributed by atoms with Gasteiger partial charge in [-0.25, -0.2) is 0 Å². The Labute approximate surface area is 61.8 Å². The predicted molar refractivity (Wildman–Crippen MR) is 35.6 cm³/mol. The van der Waals surface area contributed by atoms with Crippen LogP contribution in [0.5, 0.6) is 0 Å². The van der Waals surface area contributed by atoms with Crippen LogP contribution < -0.4 is 0 Å². The molecular formula is C6H5FN2O2. The van der Waals surface area contributed by atoms with Gasteiger partial charge in [0.15, 0.2) is 0 Å². The molecule has 0 aliphatic carbocycles. The first-order valence-electron chi connectivity index (χ1n) is 2.88. The van der Waals surface area contributed by atoms with Crippen LogP contribution in [-0.2, 0) is 0 Å². The third-order valence-corrected chi connectivity index (χ3v) is 1.24. The van der Waals surface area contributed by atoms with Gasteiger partial charge in [-0.15, -0.1) is 0 Å². The highest BCUT2D eigenvalue weighted by molar-refractivity contribution is 5.27. The van der Waals surface area contributed by atoms with Gasteiger partial charge < -0.3 is 10.1 Å². The van der Waals surface area contributed by atoms with E-state index in [1.54, 1.807) is 0 Å². The standard InChI is InChI=1S/C6H5FN2O2/c1-4-2-3-8-6(5(4)7)9(10)11/h2-3H,1H3.